The minimum Gasteiger partial charge on any atom is -0.269 e. The Labute approximate surface area is 151 Å². The van der Waals surface area contributed by atoms with Gasteiger partial charge in [-0.05, 0) is 69.1 Å². The molecule has 3 nitrogen and oxygen atoms in total. The molecule has 2 aliphatic carbocycles. The van der Waals surface area contributed by atoms with E-state index in [0.717, 1.165) is 65.0 Å². The molecule has 1 saturated carbocycles. The van der Waals surface area contributed by atoms with Crippen LogP contribution in [0, 0.1) is 12.8 Å². The predicted octanol–water partition coefficient (Wildman–Crippen LogP) is 4.58. The van der Waals surface area contributed by atoms with Crippen LogP contribution in [0.25, 0.3) is 5.69 Å². The van der Waals surface area contributed by atoms with E-state index < -0.39 is 0 Å². The van der Waals surface area contributed by atoms with Gasteiger partial charge in [0.05, 0.1) is 11.4 Å². The van der Waals surface area contributed by atoms with Crippen LogP contribution in [0.1, 0.15) is 42.5 Å². The van der Waals surface area contributed by atoms with Gasteiger partial charge >= 0.3 is 0 Å². The first-order chi connectivity index (χ1) is 11.6. The maximum atomic E-state index is 13.2. The number of hydrogen-bond donors (Lipinski definition) is 0. The molecule has 0 spiro atoms. The van der Waals surface area contributed by atoms with Crippen LogP contribution >= 0.6 is 23.4 Å². The first-order valence-electron chi connectivity index (χ1n) is 8.68. The van der Waals surface area contributed by atoms with Crippen molar-refractivity contribution in [3.63, 3.8) is 0 Å². The first kappa shape index (κ1) is 16.2. The van der Waals surface area contributed by atoms with E-state index in [9.17, 15) is 4.79 Å². The number of fused-ring (bicyclic) bond motifs is 1. The molecule has 0 bridgehead atoms. The van der Waals surface area contributed by atoms with E-state index in [0.29, 0.717) is 5.02 Å². The van der Waals surface area contributed by atoms with Gasteiger partial charge in [0.2, 0.25) is 0 Å². The Kier molecular flexibility index (Phi) is 4.44. The van der Waals surface area contributed by atoms with Crippen molar-refractivity contribution in [3.8, 4) is 5.69 Å². The maximum absolute atomic E-state index is 13.2. The van der Waals surface area contributed by atoms with Gasteiger partial charge in [0.15, 0.2) is 5.16 Å². The molecule has 2 aliphatic rings. The Morgan fingerprint density at radius 1 is 1.29 bits per heavy atom. The molecule has 5 heteroatoms. The molecule has 1 aromatic carbocycles. The normalized spacial score (nSPS) is 16.9. The summed E-state index contributed by atoms with van der Waals surface area (Å²) in [6.07, 6.45) is 6.58. The molecule has 0 unspecified atom stereocenters. The fourth-order valence-electron chi connectivity index (χ4n) is 3.25. The van der Waals surface area contributed by atoms with Gasteiger partial charge in [0.1, 0.15) is 0 Å². The van der Waals surface area contributed by atoms with Gasteiger partial charge in [0.25, 0.3) is 5.56 Å². The highest BCUT2D eigenvalue weighted by molar-refractivity contribution is 7.99. The third-order valence-corrected chi connectivity index (χ3v) is 6.53. The lowest BCUT2D eigenvalue weighted by atomic mass is 9.97. The van der Waals surface area contributed by atoms with Crippen LogP contribution in [0.2, 0.25) is 5.02 Å². The van der Waals surface area contributed by atoms with Crippen LogP contribution in [0.5, 0.6) is 0 Å². The summed E-state index contributed by atoms with van der Waals surface area (Å²) in [6.45, 7) is 1.97. The van der Waals surface area contributed by atoms with Crippen molar-refractivity contribution in [2.75, 3.05) is 5.75 Å². The molecule has 0 saturated heterocycles. The van der Waals surface area contributed by atoms with E-state index in [1.807, 2.05) is 25.1 Å². The van der Waals surface area contributed by atoms with E-state index in [-0.39, 0.29) is 5.56 Å². The van der Waals surface area contributed by atoms with Crippen molar-refractivity contribution in [1.29, 1.82) is 0 Å². The van der Waals surface area contributed by atoms with Gasteiger partial charge in [-0.3, -0.25) is 9.36 Å². The minimum absolute atomic E-state index is 0.100. The summed E-state index contributed by atoms with van der Waals surface area (Å²) in [6, 6.07) is 5.75. The fourth-order valence-corrected chi connectivity index (χ4v) is 4.63. The van der Waals surface area contributed by atoms with Crippen molar-refractivity contribution in [3.05, 3.63) is 50.4 Å². The van der Waals surface area contributed by atoms with E-state index >= 15 is 0 Å². The summed E-state index contributed by atoms with van der Waals surface area (Å²) < 4.78 is 1.80. The van der Waals surface area contributed by atoms with Gasteiger partial charge in [0, 0.05) is 16.3 Å². The van der Waals surface area contributed by atoms with Crippen LogP contribution in [0.15, 0.2) is 28.2 Å². The molecule has 0 N–H and O–H groups in total. The molecule has 0 radical (unpaired) electrons. The zero-order valence-corrected chi connectivity index (χ0v) is 15.4. The maximum Gasteiger partial charge on any atom is 0.262 e. The molecular weight excluding hydrogens is 340 g/mol. The topological polar surface area (TPSA) is 34.9 Å². The van der Waals surface area contributed by atoms with Gasteiger partial charge < -0.3 is 0 Å². The molecule has 0 amide bonds. The quantitative estimate of drug-likeness (QED) is 0.591. The molecule has 0 atom stereocenters. The van der Waals surface area contributed by atoms with Crippen molar-refractivity contribution in [2.45, 2.75) is 50.6 Å². The van der Waals surface area contributed by atoms with Crippen LogP contribution in [-0.4, -0.2) is 15.3 Å². The SMILES string of the molecule is Cc1c(Cl)cccc1-n1c(SCC2CC2)nc2c(c1=O)CCCC2. The highest BCUT2D eigenvalue weighted by Crippen LogP contribution is 2.35. The van der Waals surface area contributed by atoms with Crippen molar-refractivity contribution >= 4 is 23.4 Å². The van der Waals surface area contributed by atoms with Crippen LogP contribution in [-0.2, 0) is 12.8 Å². The molecule has 4 rings (SSSR count). The Balaban J connectivity index is 1.88. The zero-order chi connectivity index (χ0) is 16.7. The van der Waals surface area contributed by atoms with Crippen LogP contribution < -0.4 is 5.56 Å². The largest absolute Gasteiger partial charge is 0.269 e. The van der Waals surface area contributed by atoms with E-state index in [1.165, 1.54) is 12.8 Å². The molecule has 24 heavy (non-hydrogen) atoms. The third-order valence-electron chi connectivity index (χ3n) is 4.95. The molecule has 1 fully saturated rings. The number of aryl methyl sites for hydroxylation is 1. The number of rotatable bonds is 4. The highest BCUT2D eigenvalue weighted by atomic mass is 35.5. The number of aromatic nitrogens is 2. The van der Waals surface area contributed by atoms with Crippen LogP contribution in [0.4, 0.5) is 0 Å². The summed E-state index contributed by atoms with van der Waals surface area (Å²) in [5, 5.41) is 1.52. The molecule has 126 valence electrons. The minimum atomic E-state index is 0.100. The Bertz CT molecular complexity index is 842. The smallest absolute Gasteiger partial charge is 0.262 e. The van der Waals surface area contributed by atoms with Crippen LogP contribution in [0.3, 0.4) is 0 Å². The predicted molar refractivity (Wildman–Crippen MR) is 99.7 cm³/mol. The lowest BCUT2D eigenvalue weighted by molar-refractivity contribution is 0.622. The third kappa shape index (κ3) is 3.02. The number of thioether (sulfide) groups is 1. The van der Waals surface area contributed by atoms with Gasteiger partial charge in [-0.2, -0.15) is 0 Å². The number of halogens is 1. The van der Waals surface area contributed by atoms with E-state index in [4.69, 9.17) is 16.6 Å². The first-order valence-corrected chi connectivity index (χ1v) is 10.0. The molecule has 1 heterocycles. The highest BCUT2D eigenvalue weighted by Gasteiger charge is 2.25. The summed E-state index contributed by atoms with van der Waals surface area (Å²) in [4.78, 5) is 18.1. The zero-order valence-electron chi connectivity index (χ0n) is 13.8. The van der Waals surface area contributed by atoms with E-state index in [2.05, 4.69) is 0 Å². The van der Waals surface area contributed by atoms with Gasteiger partial charge in [-0.15, -0.1) is 0 Å². The van der Waals surface area contributed by atoms with Gasteiger partial charge in [-0.1, -0.05) is 29.4 Å². The fraction of sp³-hybridized carbons (Fsp3) is 0.474. The second-order valence-electron chi connectivity index (χ2n) is 6.81. The summed E-state index contributed by atoms with van der Waals surface area (Å²) in [7, 11) is 0. The second kappa shape index (κ2) is 6.57. The summed E-state index contributed by atoms with van der Waals surface area (Å²) in [5.74, 6) is 1.84. The van der Waals surface area contributed by atoms with Crippen molar-refractivity contribution in [1.82, 2.24) is 9.55 Å². The average Bonchev–Trinajstić information content (AvgIpc) is 3.41. The molecular formula is C19H21ClN2OS. The monoisotopic (exact) mass is 360 g/mol. The lowest BCUT2D eigenvalue weighted by Gasteiger charge is -2.20. The van der Waals surface area contributed by atoms with E-state index in [1.54, 1.807) is 16.3 Å². The van der Waals surface area contributed by atoms with Gasteiger partial charge in [-0.25, -0.2) is 4.98 Å². The lowest BCUT2D eigenvalue weighted by Crippen LogP contribution is -2.29. The molecule has 0 aliphatic heterocycles. The summed E-state index contributed by atoms with van der Waals surface area (Å²) >= 11 is 8.03. The standard InChI is InChI=1S/C19H21ClN2OS/c1-12-15(20)6-4-8-17(12)22-18(23)14-5-2-3-7-16(14)21-19(22)24-11-13-9-10-13/h4,6,8,13H,2-3,5,7,9-11H2,1H3. The average molecular weight is 361 g/mol. The second-order valence-corrected chi connectivity index (χ2v) is 8.20. The Hall–Kier alpha value is -1.26. The summed E-state index contributed by atoms with van der Waals surface area (Å²) in [5.41, 5.74) is 3.82. The number of hydrogen-bond acceptors (Lipinski definition) is 3. The number of nitrogens with zero attached hydrogens (tertiary/aromatic N) is 2. The number of benzene rings is 1. The Morgan fingerprint density at radius 2 is 2.08 bits per heavy atom. The molecule has 2 aromatic rings. The molecule has 1 aromatic heterocycles. The Morgan fingerprint density at radius 3 is 2.88 bits per heavy atom. The van der Waals surface area contributed by atoms with Crippen molar-refractivity contribution < 1.29 is 0 Å². The van der Waals surface area contributed by atoms with Crippen molar-refractivity contribution in [2.24, 2.45) is 5.92 Å².